The Morgan fingerprint density at radius 3 is 2.53 bits per heavy atom. The van der Waals surface area contributed by atoms with Gasteiger partial charge in [-0.2, -0.15) is 0 Å². The summed E-state index contributed by atoms with van der Waals surface area (Å²) in [6.07, 6.45) is 17.9. The minimum Gasteiger partial charge on any atom is -0.294 e. The topological polar surface area (TPSA) is 17.1 Å². The predicted molar refractivity (Wildman–Crippen MR) is 69.7 cm³/mol. The van der Waals surface area contributed by atoms with Gasteiger partial charge in [-0.3, -0.25) is 4.79 Å². The summed E-state index contributed by atoms with van der Waals surface area (Å²) in [5.74, 6) is 0.415. The van der Waals surface area contributed by atoms with E-state index in [0.717, 1.165) is 18.4 Å². The van der Waals surface area contributed by atoms with E-state index in [1.807, 2.05) is 0 Å². The molecule has 0 unspecified atom stereocenters. The minimum atomic E-state index is 0.214. The molecule has 1 nitrogen and oxygen atoms in total. The van der Waals surface area contributed by atoms with E-state index in [4.69, 9.17) is 0 Å². The molecule has 1 spiro atoms. The molecule has 1 heteroatoms. The lowest BCUT2D eigenvalue weighted by molar-refractivity contribution is -0.116. The average Bonchev–Trinajstić information content (AvgIpc) is 2.60. The first-order valence-electron chi connectivity index (χ1n) is 6.92. The van der Waals surface area contributed by atoms with Crippen molar-refractivity contribution in [1.29, 1.82) is 0 Å². The number of allylic oxidation sites excluding steroid dienone is 6. The maximum Gasteiger partial charge on any atom is 0.160 e. The largest absolute Gasteiger partial charge is 0.294 e. The second kappa shape index (κ2) is 4.29. The SMILES string of the molecule is O=C1CC2(CCCCCC2)C2=C1CC=CC=C2. The van der Waals surface area contributed by atoms with Gasteiger partial charge in [-0.05, 0) is 24.8 Å². The zero-order valence-corrected chi connectivity index (χ0v) is 10.4. The van der Waals surface area contributed by atoms with Crippen molar-refractivity contribution < 1.29 is 4.79 Å². The van der Waals surface area contributed by atoms with Gasteiger partial charge in [-0.1, -0.05) is 50.0 Å². The maximum absolute atomic E-state index is 12.2. The summed E-state index contributed by atoms with van der Waals surface area (Å²) in [4.78, 5) is 12.2. The van der Waals surface area contributed by atoms with E-state index in [0.29, 0.717) is 5.78 Å². The Kier molecular flexibility index (Phi) is 2.78. The Bertz CT molecular complexity index is 415. The smallest absolute Gasteiger partial charge is 0.160 e. The highest BCUT2D eigenvalue weighted by atomic mass is 16.1. The monoisotopic (exact) mass is 228 g/mol. The number of carbonyl (C=O) groups excluding carboxylic acids is 1. The molecule has 0 aromatic carbocycles. The first-order chi connectivity index (χ1) is 8.32. The highest BCUT2D eigenvalue weighted by molar-refractivity contribution is 6.01. The molecule has 3 aliphatic rings. The van der Waals surface area contributed by atoms with E-state index < -0.39 is 0 Å². The molecule has 17 heavy (non-hydrogen) atoms. The summed E-state index contributed by atoms with van der Waals surface area (Å²) in [6.45, 7) is 0. The van der Waals surface area contributed by atoms with Crippen molar-refractivity contribution in [3.8, 4) is 0 Å². The van der Waals surface area contributed by atoms with Gasteiger partial charge in [0, 0.05) is 17.4 Å². The molecule has 0 saturated heterocycles. The number of fused-ring (bicyclic) bond motifs is 1. The normalized spacial score (nSPS) is 27.2. The number of Topliss-reactive ketones (excluding diaryl/α,β-unsaturated/α-hetero) is 1. The van der Waals surface area contributed by atoms with Crippen LogP contribution in [0.15, 0.2) is 35.5 Å². The Morgan fingerprint density at radius 2 is 1.76 bits per heavy atom. The summed E-state index contributed by atoms with van der Waals surface area (Å²) >= 11 is 0. The van der Waals surface area contributed by atoms with Crippen LogP contribution in [0.5, 0.6) is 0 Å². The third-order valence-corrected chi connectivity index (χ3v) is 4.62. The van der Waals surface area contributed by atoms with E-state index >= 15 is 0 Å². The van der Waals surface area contributed by atoms with Crippen molar-refractivity contribution in [2.75, 3.05) is 0 Å². The molecule has 0 aromatic rings. The third-order valence-electron chi connectivity index (χ3n) is 4.62. The fraction of sp³-hybridized carbons (Fsp3) is 0.562. The fourth-order valence-corrected chi connectivity index (χ4v) is 3.75. The van der Waals surface area contributed by atoms with Crippen LogP contribution < -0.4 is 0 Å². The van der Waals surface area contributed by atoms with Crippen molar-refractivity contribution in [2.24, 2.45) is 5.41 Å². The number of carbonyl (C=O) groups is 1. The first-order valence-corrected chi connectivity index (χ1v) is 6.92. The maximum atomic E-state index is 12.2. The van der Waals surface area contributed by atoms with Gasteiger partial charge in [-0.25, -0.2) is 0 Å². The van der Waals surface area contributed by atoms with Crippen molar-refractivity contribution in [3.05, 3.63) is 35.5 Å². The molecule has 0 radical (unpaired) electrons. The van der Waals surface area contributed by atoms with Gasteiger partial charge in [0.25, 0.3) is 0 Å². The first kappa shape index (κ1) is 11.0. The van der Waals surface area contributed by atoms with Gasteiger partial charge in [0.15, 0.2) is 5.78 Å². The van der Waals surface area contributed by atoms with E-state index in [1.54, 1.807) is 0 Å². The molecule has 90 valence electrons. The Hall–Kier alpha value is -1.11. The van der Waals surface area contributed by atoms with Crippen LogP contribution in [-0.4, -0.2) is 5.78 Å². The Balaban J connectivity index is 2.01. The number of hydrogen-bond acceptors (Lipinski definition) is 1. The molecule has 0 amide bonds. The molecule has 1 fully saturated rings. The third kappa shape index (κ3) is 1.82. The number of rotatable bonds is 0. The lowest BCUT2D eigenvalue weighted by atomic mass is 9.74. The zero-order valence-electron chi connectivity index (χ0n) is 10.4. The Morgan fingerprint density at radius 1 is 1.00 bits per heavy atom. The van der Waals surface area contributed by atoms with Crippen LogP contribution in [0.2, 0.25) is 0 Å². The Labute approximate surface area is 103 Å². The van der Waals surface area contributed by atoms with E-state index in [2.05, 4.69) is 24.3 Å². The van der Waals surface area contributed by atoms with Crippen molar-refractivity contribution in [2.45, 2.75) is 51.4 Å². The molecule has 0 aromatic heterocycles. The summed E-state index contributed by atoms with van der Waals surface area (Å²) in [6, 6.07) is 0. The van der Waals surface area contributed by atoms with Crippen LogP contribution >= 0.6 is 0 Å². The van der Waals surface area contributed by atoms with Gasteiger partial charge in [-0.15, -0.1) is 0 Å². The van der Waals surface area contributed by atoms with Crippen LogP contribution in [-0.2, 0) is 4.79 Å². The summed E-state index contributed by atoms with van der Waals surface area (Å²) in [7, 11) is 0. The molecule has 0 bridgehead atoms. The number of ketones is 1. The van der Waals surface area contributed by atoms with Gasteiger partial charge < -0.3 is 0 Å². The summed E-state index contributed by atoms with van der Waals surface area (Å²) in [5.41, 5.74) is 2.71. The van der Waals surface area contributed by atoms with Crippen LogP contribution in [0.4, 0.5) is 0 Å². The summed E-state index contributed by atoms with van der Waals surface area (Å²) < 4.78 is 0. The molecule has 3 rings (SSSR count). The lowest BCUT2D eigenvalue weighted by Crippen LogP contribution is -2.19. The van der Waals surface area contributed by atoms with Crippen LogP contribution in [0.1, 0.15) is 51.4 Å². The van der Waals surface area contributed by atoms with Gasteiger partial charge in [0.2, 0.25) is 0 Å². The van der Waals surface area contributed by atoms with E-state index in [1.165, 1.54) is 44.1 Å². The van der Waals surface area contributed by atoms with Crippen molar-refractivity contribution >= 4 is 5.78 Å². The second-order valence-electron chi connectivity index (χ2n) is 5.68. The summed E-state index contributed by atoms with van der Waals surface area (Å²) in [5, 5.41) is 0. The highest BCUT2D eigenvalue weighted by Gasteiger charge is 2.43. The zero-order chi connectivity index (χ0) is 11.7. The van der Waals surface area contributed by atoms with Crippen molar-refractivity contribution in [3.63, 3.8) is 0 Å². The fourth-order valence-electron chi connectivity index (χ4n) is 3.75. The van der Waals surface area contributed by atoms with E-state index in [-0.39, 0.29) is 5.41 Å². The molecule has 1 saturated carbocycles. The molecular weight excluding hydrogens is 208 g/mol. The average molecular weight is 228 g/mol. The molecule has 0 heterocycles. The lowest BCUT2D eigenvalue weighted by Gasteiger charge is -2.29. The quantitative estimate of drug-likeness (QED) is 0.609. The second-order valence-corrected chi connectivity index (χ2v) is 5.68. The van der Waals surface area contributed by atoms with Gasteiger partial charge >= 0.3 is 0 Å². The van der Waals surface area contributed by atoms with Gasteiger partial charge in [0.1, 0.15) is 0 Å². The highest BCUT2D eigenvalue weighted by Crippen LogP contribution is 2.51. The van der Waals surface area contributed by atoms with Crippen LogP contribution in [0.3, 0.4) is 0 Å². The van der Waals surface area contributed by atoms with E-state index in [9.17, 15) is 4.79 Å². The molecule has 0 aliphatic heterocycles. The standard InChI is InChI=1S/C16H20O/c17-15-12-16(10-6-1-2-7-11-16)14-9-5-3-4-8-13(14)15/h3-5,9H,1-2,6-8,10-12H2. The molecule has 0 N–H and O–H groups in total. The predicted octanol–water partition coefficient (Wildman–Crippen LogP) is 4.11. The van der Waals surface area contributed by atoms with Crippen LogP contribution in [0.25, 0.3) is 0 Å². The van der Waals surface area contributed by atoms with Crippen LogP contribution in [0, 0.1) is 5.41 Å². The number of hydrogen-bond donors (Lipinski definition) is 0. The molecular formula is C16H20O. The molecule has 3 aliphatic carbocycles. The van der Waals surface area contributed by atoms with Gasteiger partial charge in [0.05, 0.1) is 0 Å². The van der Waals surface area contributed by atoms with Crippen molar-refractivity contribution in [1.82, 2.24) is 0 Å². The minimum absolute atomic E-state index is 0.214. The molecule has 0 atom stereocenters.